The van der Waals surface area contributed by atoms with E-state index in [0.717, 1.165) is 11.1 Å². The van der Waals surface area contributed by atoms with Gasteiger partial charge in [0.2, 0.25) is 5.91 Å². The van der Waals surface area contributed by atoms with Crippen molar-refractivity contribution >= 4 is 23.2 Å². The molecule has 0 bridgehead atoms. The molecule has 0 aliphatic heterocycles. The number of aliphatic hydroxyl groups is 1. The number of methoxy groups -OCH3 is 1. The van der Waals surface area contributed by atoms with Gasteiger partial charge in [-0.25, -0.2) is 0 Å². The van der Waals surface area contributed by atoms with Gasteiger partial charge in [-0.05, 0) is 48.0 Å². The van der Waals surface area contributed by atoms with E-state index < -0.39 is 0 Å². The summed E-state index contributed by atoms with van der Waals surface area (Å²) in [6.07, 6.45) is 0.222. The van der Waals surface area contributed by atoms with Crippen LogP contribution in [-0.4, -0.2) is 18.1 Å². The molecule has 5 nitrogen and oxygen atoms in total. The molecule has 3 rings (SSSR count). The van der Waals surface area contributed by atoms with Crippen LogP contribution in [0.5, 0.6) is 5.75 Å². The lowest BCUT2D eigenvalue weighted by Gasteiger charge is -2.12. The number of amides is 1. The number of rotatable bonds is 6. The Kier molecular flexibility index (Phi) is 5.61. The van der Waals surface area contributed by atoms with Crippen molar-refractivity contribution in [1.82, 2.24) is 0 Å². The van der Waals surface area contributed by atoms with Gasteiger partial charge in [-0.3, -0.25) is 4.79 Å². The summed E-state index contributed by atoms with van der Waals surface area (Å²) in [5.41, 5.74) is 2.18. The highest BCUT2D eigenvalue weighted by Crippen LogP contribution is 2.31. The molecule has 0 spiro atoms. The van der Waals surface area contributed by atoms with Crippen molar-refractivity contribution in [3.8, 4) is 17.1 Å². The van der Waals surface area contributed by atoms with Gasteiger partial charge in [0.05, 0.1) is 19.2 Å². The fraction of sp³-hybridized carbons (Fsp3) is 0.150. The van der Waals surface area contributed by atoms with E-state index in [0.29, 0.717) is 28.0 Å². The molecule has 26 heavy (non-hydrogen) atoms. The van der Waals surface area contributed by atoms with Crippen molar-refractivity contribution in [3.63, 3.8) is 0 Å². The molecular formula is C20H18ClNO4. The van der Waals surface area contributed by atoms with Crippen LogP contribution in [0.3, 0.4) is 0 Å². The predicted octanol–water partition coefficient (Wildman–Crippen LogP) is 4.28. The van der Waals surface area contributed by atoms with E-state index in [9.17, 15) is 4.79 Å². The summed E-state index contributed by atoms with van der Waals surface area (Å²) < 4.78 is 10.9. The number of carbonyl (C=O) groups excluding carboxylic acids is 1. The van der Waals surface area contributed by atoms with Crippen LogP contribution in [0.15, 0.2) is 59.0 Å². The first-order chi connectivity index (χ1) is 12.6. The second-order valence-corrected chi connectivity index (χ2v) is 6.13. The Hall–Kier alpha value is -2.76. The van der Waals surface area contributed by atoms with E-state index in [1.54, 1.807) is 43.5 Å². The summed E-state index contributed by atoms with van der Waals surface area (Å²) in [6.45, 7) is -0.166. The third kappa shape index (κ3) is 4.25. The molecule has 1 aromatic heterocycles. The standard InChI is InChI=1S/C20H18ClNO4/c1-25-19-8-4-14(18-9-7-16(12-23)26-18)11-17(19)22-20(24)10-13-2-5-15(21)6-3-13/h2-9,11,23H,10,12H2,1H3,(H,22,24). The average molecular weight is 372 g/mol. The van der Waals surface area contributed by atoms with Crippen molar-refractivity contribution < 1.29 is 19.1 Å². The zero-order chi connectivity index (χ0) is 18.5. The van der Waals surface area contributed by atoms with Crippen molar-refractivity contribution in [2.24, 2.45) is 0 Å². The molecule has 0 fully saturated rings. The largest absolute Gasteiger partial charge is 0.495 e. The molecule has 134 valence electrons. The topological polar surface area (TPSA) is 71.7 Å². The predicted molar refractivity (Wildman–Crippen MR) is 100 cm³/mol. The minimum atomic E-state index is -0.168. The van der Waals surface area contributed by atoms with Gasteiger partial charge in [-0.15, -0.1) is 0 Å². The molecular weight excluding hydrogens is 354 g/mol. The SMILES string of the molecule is COc1ccc(-c2ccc(CO)o2)cc1NC(=O)Cc1ccc(Cl)cc1. The normalized spacial score (nSPS) is 10.6. The maximum absolute atomic E-state index is 12.4. The maximum atomic E-state index is 12.4. The molecule has 0 aliphatic carbocycles. The Morgan fingerprint density at radius 2 is 1.92 bits per heavy atom. The van der Waals surface area contributed by atoms with E-state index >= 15 is 0 Å². The molecule has 2 N–H and O–H groups in total. The van der Waals surface area contributed by atoms with Gasteiger partial charge in [-0.1, -0.05) is 23.7 Å². The Labute approximate surface area is 156 Å². The highest BCUT2D eigenvalue weighted by Gasteiger charge is 2.12. The van der Waals surface area contributed by atoms with Crippen LogP contribution in [-0.2, 0) is 17.8 Å². The molecule has 1 amide bonds. The number of furan rings is 1. The summed E-state index contributed by atoms with van der Waals surface area (Å²) in [5, 5.41) is 12.6. The van der Waals surface area contributed by atoms with E-state index in [1.165, 1.54) is 0 Å². The van der Waals surface area contributed by atoms with Crippen LogP contribution in [0.4, 0.5) is 5.69 Å². The summed E-state index contributed by atoms with van der Waals surface area (Å²) in [5.74, 6) is 1.46. The maximum Gasteiger partial charge on any atom is 0.228 e. The lowest BCUT2D eigenvalue weighted by molar-refractivity contribution is -0.115. The van der Waals surface area contributed by atoms with Crippen LogP contribution >= 0.6 is 11.6 Å². The van der Waals surface area contributed by atoms with E-state index in [2.05, 4.69) is 5.32 Å². The summed E-state index contributed by atoms with van der Waals surface area (Å²) in [7, 11) is 1.54. The molecule has 6 heteroatoms. The number of anilines is 1. The minimum absolute atomic E-state index is 0.166. The molecule has 0 radical (unpaired) electrons. The Bertz CT molecular complexity index is 902. The molecule has 2 aromatic carbocycles. The molecule has 1 heterocycles. The molecule has 0 saturated carbocycles. The first-order valence-electron chi connectivity index (χ1n) is 8.01. The van der Waals surface area contributed by atoms with E-state index in [-0.39, 0.29) is 18.9 Å². The van der Waals surface area contributed by atoms with Gasteiger partial charge in [0.25, 0.3) is 0 Å². The first kappa shape index (κ1) is 18.0. The lowest BCUT2D eigenvalue weighted by Crippen LogP contribution is -2.15. The van der Waals surface area contributed by atoms with Gasteiger partial charge in [0, 0.05) is 10.6 Å². The lowest BCUT2D eigenvalue weighted by atomic mass is 10.1. The number of ether oxygens (including phenoxy) is 1. The molecule has 0 atom stereocenters. The zero-order valence-electron chi connectivity index (χ0n) is 14.2. The number of hydrogen-bond acceptors (Lipinski definition) is 4. The number of carbonyl (C=O) groups is 1. The number of hydrogen-bond donors (Lipinski definition) is 2. The van der Waals surface area contributed by atoms with Gasteiger partial charge in [0.15, 0.2) is 0 Å². The molecule has 0 unspecified atom stereocenters. The quantitative estimate of drug-likeness (QED) is 0.678. The first-order valence-corrected chi connectivity index (χ1v) is 8.39. The second-order valence-electron chi connectivity index (χ2n) is 5.69. The smallest absolute Gasteiger partial charge is 0.228 e. The number of benzene rings is 2. The van der Waals surface area contributed by atoms with E-state index in [1.807, 2.05) is 18.2 Å². The summed E-state index contributed by atoms with van der Waals surface area (Å²) in [4.78, 5) is 12.4. The highest BCUT2D eigenvalue weighted by molar-refractivity contribution is 6.30. The van der Waals surface area contributed by atoms with Crippen LogP contribution < -0.4 is 10.1 Å². The summed E-state index contributed by atoms with van der Waals surface area (Å²) >= 11 is 5.86. The van der Waals surface area contributed by atoms with Crippen molar-refractivity contribution in [1.29, 1.82) is 0 Å². The average Bonchev–Trinajstić information content (AvgIpc) is 3.13. The number of halogens is 1. The Balaban J connectivity index is 1.79. The van der Waals surface area contributed by atoms with Crippen molar-refractivity contribution in [2.75, 3.05) is 12.4 Å². The minimum Gasteiger partial charge on any atom is -0.495 e. The molecule has 0 saturated heterocycles. The van der Waals surface area contributed by atoms with Crippen LogP contribution in [0.2, 0.25) is 5.02 Å². The second kappa shape index (κ2) is 8.08. The van der Waals surface area contributed by atoms with Gasteiger partial charge >= 0.3 is 0 Å². The number of nitrogens with one attached hydrogen (secondary N) is 1. The monoisotopic (exact) mass is 371 g/mol. The fourth-order valence-electron chi connectivity index (χ4n) is 2.56. The third-order valence-electron chi connectivity index (χ3n) is 3.85. The van der Waals surface area contributed by atoms with Gasteiger partial charge in [0.1, 0.15) is 23.9 Å². The summed E-state index contributed by atoms with van der Waals surface area (Å²) in [6, 6.07) is 16.0. The fourth-order valence-corrected chi connectivity index (χ4v) is 2.69. The van der Waals surface area contributed by atoms with Crippen molar-refractivity contribution in [3.05, 3.63) is 70.9 Å². The van der Waals surface area contributed by atoms with Gasteiger partial charge in [-0.2, -0.15) is 0 Å². The highest BCUT2D eigenvalue weighted by atomic mass is 35.5. The Morgan fingerprint density at radius 1 is 1.15 bits per heavy atom. The van der Waals surface area contributed by atoms with Crippen LogP contribution in [0.25, 0.3) is 11.3 Å². The Morgan fingerprint density at radius 3 is 2.58 bits per heavy atom. The molecule has 0 aliphatic rings. The zero-order valence-corrected chi connectivity index (χ0v) is 14.9. The number of aliphatic hydroxyl groups excluding tert-OH is 1. The van der Waals surface area contributed by atoms with Gasteiger partial charge < -0.3 is 19.6 Å². The van der Waals surface area contributed by atoms with E-state index in [4.69, 9.17) is 25.9 Å². The van der Waals surface area contributed by atoms with Crippen LogP contribution in [0.1, 0.15) is 11.3 Å². The van der Waals surface area contributed by atoms with Crippen molar-refractivity contribution in [2.45, 2.75) is 13.0 Å². The molecule has 3 aromatic rings. The third-order valence-corrected chi connectivity index (χ3v) is 4.11. The van der Waals surface area contributed by atoms with Crippen LogP contribution in [0, 0.1) is 0 Å².